The molecule has 0 saturated heterocycles. The second kappa shape index (κ2) is 5.76. The van der Waals surface area contributed by atoms with Gasteiger partial charge in [-0.3, -0.25) is 4.79 Å². The molecule has 4 heteroatoms. The van der Waals surface area contributed by atoms with Crippen molar-refractivity contribution in [1.29, 1.82) is 0 Å². The van der Waals surface area contributed by atoms with Crippen LogP contribution in [0.2, 0.25) is 0 Å². The summed E-state index contributed by atoms with van der Waals surface area (Å²) in [7, 11) is 0. The first-order valence-corrected chi connectivity index (χ1v) is 7.41. The maximum Gasteiger partial charge on any atom is 0.307 e. The molecule has 0 unspecified atom stereocenters. The molecule has 0 radical (unpaired) electrons. The van der Waals surface area contributed by atoms with Gasteiger partial charge in [0.2, 0.25) is 0 Å². The van der Waals surface area contributed by atoms with Crippen molar-refractivity contribution in [1.82, 2.24) is 5.32 Å². The first kappa shape index (κ1) is 13.4. The van der Waals surface area contributed by atoms with Crippen LogP contribution in [-0.4, -0.2) is 28.6 Å². The normalized spacial score (nSPS) is 16.5. The number of aliphatic carboxylic acids is 1. The number of hydrogen-bond donors (Lipinski definition) is 2. The fourth-order valence-electron chi connectivity index (χ4n) is 1.98. The van der Waals surface area contributed by atoms with E-state index in [0.29, 0.717) is 4.75 Å². The van der Waals surface area contributed by atoms with E-state index in [0.717, 1.165) is 18.7 Å². The van der Waals surface area contributed by atoms with Gasteiger partial charge < -0.3 is 10.4 Å². The van der Waals surface area contributed by atoms with Crippen LogP contribution >= 0.6 is 11.8 Å². The molecule has 1 aromatic carbocycles. The summed E-state index contributed by atoms with van der Waals surface area (Å²) in [5.41, 5.74) is 2.06. The van der Waals surface area contributed by atoms with Gasteiger partial charge in [-0.15, -0.1) is 0 Å². The Bertz CT molecular complexity index is 412. The van der Waals surface area contributed by atoms with Crippen molar-refractivity contribution >= 4 is 17.7 Å². The van der Waals surface area contributed by atoms with Crippen LogP contribution in [0.4, 0.5) is 0 Å². The van der Waals surface area contributed by atoms with Crippen LogP contribution in [0, 0.1) is 0 Å². The fourth-order valence-corrected chi connectivity index (χ4v) is 2.73. The van der Waals surface area contributed by atoms with Crippen molar-refractivity contribution in [3.8, 4) is 0 Å². The Kier molecular flexibility index (Phi) is 4.30. The molecule has 2 N–H and O–H groups in total. The Morgan fingerprint density at radius 3 is 2.44 bits per heavy atom. The van der Waals surface area contributed by atoms with Crippen LogP contribution in [0.25, 0.3) is 0 Å². The zero-order valence-corrected chi connectivity index (χ0v) is 11.4. The van der Waals surface area contributed by atoms with E-state index < -0.39 is 5.97 Å². The minimum absolute atomic E-state index is 0.100. The molecule has 0 heterocycles. The smallest absolute Gasteiger partial charge is 0.307 e. The lowest BCUT2D eigenvalue weighted by Crippen LogP contribution is -2.25. The number of carboxylic acids is 1. The molecule has 1 saturated carbocycles. The quantitative estimate of drug-likeness (QED) is 0.794. The van der Waals surface area contributed by atoms with Gasteiger partial charge in [0.25, 0.3) is 0 Å². The molecule has 18 heavy (non-hydrogen) atoms. The minimum Gasteiger partial charge on any atom is -0.481 e. The van der Waals surface area contributed by atoms with Crippen molar-refractivity contribution in [3.63, 3.8) is 0 Å². The van der Waals surface area contributed by atoms with Crippen LogP contribution in [0.3, 0.4) is 0 Å². The summed E-state index contributed by atoms with van der Waals surface area (Å²) in [5, 5.41) is 12.2. The number of thioether (sulfide) groups is 1. The van der Waals surface area contributed by atoms with Crippen molar-refractivity contribution in [2.45, 2.75) is 30.6 Å². The monoisotopic (exact) mass is 265 g/mol. The predicted octanol–water partition coefficient (Wildman–Crippen LogP) is 2.30. The molecule has 0 bridgehead atoms. The van der Waals surface area contributed by atoms with Gasteiger partial charge in [0, 0.05) is 17.8 Å². The molecule has 3 nitrogen and oxygen atoms in total. The highest BCUT2D eigenvalue weighted by Crippen LogP contribution is 2.46. The van der Waals surface area contributed by atoms with Crippen LogP contribution in [0.15, 0.2) is 24.3 Å². The second-order valence-electron chi connectivity index (χ2n) is 4.88. The highest BCUT2D eigenvalue weighted by molar-refractivity contribution is 8.00. The lowest BCUT2D eigenvalue weighted by molar-refractivity contribution is -0.136. The number of carboxylic acid groups (broad SMARTS) is 1. The largest absolute Gasteiger partial charge is 0.481 e. The Hall–Kier alpha value is -1.00. The van der Waals surface area contributed by atoms with Crippen LogP contribution in [0.1, 0.15) is 24.0 Å². The van der Waals surface area contributed by atoms with Gasteiger partial charge in [0.1, 0.15) is 0 Å². The molecule has 1 aliphatic rings. The first-order chi connectivity index (χ1) is 8.63. The van der Waals surface area contributed by atoms with E-state index >= 15 is 0 Å². The minimum atomic E-state index is -0.781. The average molecular weight is 265 g/mol. The van der Waals surface area contributed by atoms with Crippen molar-refractivity contribution in [3.05, 3.63) is 35.4 Å². The Morgan fingerprint density at radius 1 is 1.33 bits per heavy atom. The molecule has 0 aliphatic heterocycles. The third kappa shape index (κ3) is 3.75. The average Bonchev–Trinajstić information content (AvgIpc) is 3.11. The molecule has 0 amide bonds. The molecule has 1 aliphatic carbocycles. The maximum atomic E-state index is 10.6. The topological polar surface area (TPSA) is 49.3 Å². The number of benzene rings is 1. The molecular weight excluding hydrogens is 246 g/mol. The summed E-state index contributed by atoms with van der Waals surface area (Å²) in [5.74, 6) is -0.781. The molecule has 0 spiro atoms. The lowest BCUT2D eigenvalue weighted by Gasteiger charge is -2.13. The second-order valence-corrected chi connectivity index (χ2v) is 6.15. The Balaban J connectivity index is 1.77. The van der Waals surface area contributed by atoms with Crippen molar-refractivity contribution in [2.75, 3.05) is 12.8 Å². The summed E-state index contributed by atoms with van der Waals surface area (Å²) in [6, 6.07) is 7.80. The van der Waals surface area contributed by atoms with E-state index in [1.807, 2.05) is 36.0 Å². The fraction of sp³-hybridized carbons (Fsp3) is 0.500. The molecule has 1 fully saturated rings. The molecule has 0 atom stereocenters. The predicted molar refractivity (Wildman–Crippen MR) is 75.0 cm³/mol. The Morgan fingerprint density at radius 2 is 1.94 bits per heavy atom. The highest BCUT2D eigenvalue weighted by Gasteiger charge is 2.41. The standard InChI is InChI=1S/C14H19NO2S/c1-18-14(6-7-14)10-15-9-12-4-2-11(3-5-12)8-13(16)17/h2-5,15H,6-10H2,1H3,(H,16,17). The molecule has 0 aromatic heterocycles. The summed E-state index contributed by atoms with van der Waals surface area (Å²) < 4.78 is 0.489. The van der Waals surface area contributed by atoms with Crippen LogP contribution in [0.5, 0.6) is 0 Å². The number of carbonyl (C=O) groups is 1. The first-order valence-electron chi connectivity index (χ1n) is 6.19. The van der Waals surface area contributed by atoms with E-state index in [2.05, 4.69) is 11.6 Å². The van der Waals surface area contributed by atoms with Crippen molar-refractivity contribution < 1.29 is 9.90 Å². The van der Waals surface area contributed by atoms with Gasteiger partial charge in [0.15, 0.2) is 0 Å². The lowest BCUT2D eigenvalue weighted by atomic mass is 10.1. The summed E-state index contributed by atoms with van der Waals surface area (Å²) in [6.07, 6.45) is 4.91. The highest BCUT2D eigenvalue weighted by atomic mass is 32.2. The van der Waals surface area contributed by atoms with Gasteiger partial charge in [-0.05, 0) is 30.2 Å². The SMILES string of the molecule is CSC1(CNCc2ccc(CC(=O)O)cc2)CC1. The summed E-state index contributed by atoms with van der Waals surface area (Å²) in [6.45, 7) is 1.92. The molecule has 98 valence electrons. The van der Waals surface area contributed by atoms with Gasteiger partial charge in [-0.2, -0.15) is 11.8 Å². The van der Waals surface area contributed by atoms with Crippen molar-refractivity contribution in [2.24, 2.45) is 0 Å². The zero-order chi connectivity index (χ0) is 13.0. The van der Waals surface area contributed by atoms with Gasteiger partial charge in [-0.25, -0.2) is 0 Å². The number of rotatable bonds is 7. The number of nitrogens with one attached hydrogen (secondary N) is 1. The number of hydrogen-bond acceptors (Lipinski definition) is 3. The van der Waals surface area contributed by atoms with Gasteiger partial charge in [0.05, 0.1) is 6.42 Å². The van der Waals surface area contributed by atoms with E-state index in [9.17, 15) is 4.79 Å². The van der Waals surface area contributed by atoms with Gasteiger partial charge >= 0.3 is 5.97 Å². The van der Waals surface area contributed by atoms with Gasteiger partial charge in [-0.1, -0.05) is 24.3 Å². The molecule has 1 aromatic rings. The van der Waals surface area contributed by atoms with E-state index in [-0.39, 0.29) is 6.42 Å². The zero-order valence-electron chi connectivity index (χ0n) is 10.6. The molecular formula is C14H19NO2S. The third-order valence-electron chi connectivity index (χ3n) is 3.40. The van der Waals surface area contributed by atoms with E-state index in [1.165, 1.54) is 18.4 Å². The van der Waals surface area contributed by atoms with Crippen LogP contribution < -0.4 is 5.32 Å². The maximum absolute atomic E-state index is 10.6. The summed E-state index contributed by atoms with van der Waals surface area (Å²) in [4.78, 5) is 10.6. The Labute approximate surface area is 112 Å². The van der Waals surface area contributed by atoms with E-state index in [4.69, 9.17) is 5.11 Å². The van der Waals surface area contributed by atoms with Crippen LogP contribution in [-0.2, 0) is 17.8 Å². The third-order valence-corrected chi connectivity index (χ3v) is 4.81. The van der Waals surface area contributed by atoms with E-state index in [1.54, 1.807) is 0 Å². The molecule has 2 rings (SSSR count). The summed E-state index contributed by atoms with van der Waals surface area (Å²) >= 11 is 1.95.